The van der Waals surface area contributed by atoms with Gasteiger partial charge in [-0.25, -0.2) is 4.79 Å². The maximum Gasteiger partial charge on any atom is 0.348 e. The number of likely N-dealkylation sites (N-methyl/N-ethyl adjacent to an activating group) is 1. The monoisotopic (exact) mass is 398 g/mol. The Bertz CT molecular complexity index is 971. The highest BCUT2D eigenvalue weighted by Crippen LogP contribution is 2.41. The fourth-order valence-corrected chi connectivity index (χ4v) is 4.18. The van der Waals surface area contributed by atoms with Gasteiger partial charge in [-0.3, -0.25) is 4.79 Å². The summed E-state index contributed by atoms with van der Waals surface area (Å²) in [6.45, 7) is 2.87. The number of ether oxygens (including phenoxy) is 2. The Labute approximate surface area is 168 Å². The molecule has 0 radical (unpaired) electrons. The van der Waals surface area contributed by atoms with E-state index >= 15 is 0 Å². The Morgan fingerprint density at radius 3 is 2.64 bits per heavy atom. The molecular formula is C21H22N2O4S. The van der Waals surface area contributed by atoms with Gasteiger partial charge in [0.2, 0.25) is 0 Å². The molecule has 1 aromatic carbocycles. The molecule has 7 heteroatoms. The number of amides is 1. The smallest absolute Gasteiger partial charge is 0.348 e. The highest BCUT2D eigenvalue weighted by atomic mass is 32.1. The molecule has 1 heterocycles. The molecule has 0 N–H and O–H groups in total. The van der Waals surface area contributed by atoms with E-state index in [0.29, 0.717) is 4.88 Å². The average molecular weight is 398 g/mol. The van der Waals surface area contributed by atoms with E-state index in [4.69, 9.17) is 14.7 Å². The normalized spacial score (nSPS) is 12.4. The van der Waals surface area contributed by atoms with Crippen molar-refractivity contribution in [1.82, 2.24) is 4.90 Å². The van der Waals surface area contributed by atoms with E-state index in [9.17, 15) is 9.59 Å². The van der Waals surface area contributed by atoms with Gasteiger partial charge in [0.05, 0.1) is 13.2 Å². The van der Waals surface area contributed by atoms with Crippen molar-refractivity contribution >= 4 is 23.2 Å². The standard InChI is InChI=1S/C21H22N2O4S/c1-21(2,12-22)23(3)18(24)11-27-20(25)17-10-14-6-5-13-9-15(26-4)7-8-16(13)19(14)28-17/h7-10H,5-6,11H2,1-4H3. The number of carbonyl (C=O) groups excluding carboxylic acids is 2. The summed E-state index contributed by atoms with van der Waals surface area (Å²) in [5, 5.41) is 9.12. The zero-order chi connectivity index (χ0) is 20.5. The zero-order valence-corrected chi connectivity index (χ0v) is 17.2. The maximum absolute atomic E-state index is 12.5. The van der Waals surface area contributed by atoms with E-state index < -0.39 is 24.0 Å². The van der Waals surface area contributed by atoms with Crippen LogP contribution in [0.5, 0.6) is 5.75 Å². The molecule has 1 aromatic heterocycles. The van der Waals surface area contributed by atoms with Gasteiger partial charge in [0.1, 0.15) is 16.2 Å². The molecule has 3 rings (SSSR count). The van der Waals surface area contributed by atoms with E-state index in [1.54, 1.807) is 21.0 Å². The number of hydrogen-bond acceptors (Lipinski definition) is 6. The lowest BCUT2D eigenvalue weighted by atomic mass is 9.91. The van der Waals surface area contributed by atoms with Crippen LogP contribution in [0.1, 0.15) is 34.6 Å². The molecule has 0 fully saturated rings. The maximum atomic E-state index is 12.5. The van der Waals surface area contributed by atoms with Crippen LogP contribution in [0.15, 0.2) is 24.3 Å². The first kappa shape index (κ1) is 19.9. The lowest BCUT2D eigenvalue weighted by Crippen LogP contribution is -2.45. The van der Waals surface area contributed by atoms with Crippen molar-refractivity contribution in [3.05, 3.63) is 40.3 Å². The van der Waals surface area contributed by atoms with E-state index in [0.717, 1.165) is 34.6 Å². The quantitative estimate of drug-likeness (QED) is 0.721. The molecular weight excluding hydrogens is 376 g/mol. The summed E-state index contributed by atoms with van der Waals surface area (Å²) >= 11 is 1.38. The van der Waals surface area contributed by atoms with E-state index in [2.05, 4.69) is 0 Å². The van der Waals surface area contributed by atoms with Gasteiger partial charge in [0.25, 0.3) is 5.91 Å². The summed E-state index contributed by atoms with van der Waals surface area (Å²) in [6, 6.07) is 9.86. The number of esters is 1. The van der Waals surface area contributed by atoms with Crippen molar-refractivity contribution in [3.8, 4) is 22.3 Å². The SMILES string of the molecule is COc1ccc2c(c1)CCc1cc(C(=O)OCC(=O)N(C)C(C)(C)C#N)sc1-2. The van der Waals surface area contributed by atoms with Crippen molar-refractivity contribution in [1.29, 1.82) is 5.26 Å². The van der Waals surface area contributed by atoms with Crippen LogP contribution in [-0.4, -0.2) is 43.1 Å². The van der Waals surface area contributed by atoms with Crippen LogP contribution in [0, 0.1) is 11.3 Å². The first-order valence-corrected chi connectivity index (χ1v) is 9.73. The lowest BCUT2D eigenvalue weighted by Gasteiger charge is -2.28. The van der Waals surface area contributed by atoms with Crippen LogP contribution in [0.2, 0.25) is 0 Å². The van der Waals surface area contributed by atoms with Crippen LogP contribution in [0.3, 0.4) is 0 Å². The summed E-state index contributed by atoms with van der Waals surface area (Å²) in [5.74, 6) is -0.119. The molecule has 0 atom stereocenters. The Morgan fingerprint density at radius 1 is 1.25 bits per heavy atom. The van der Waals surface area contributed by atoms with E-state index in [1.807, 2.05) is 30.3 Å². The third-order valence-electron chi connectivity index (χ3n) is 5.04. The predicted molar refractivity (Wildman–Crippen MR) is 106 cm³/mol. The molecule has 0 saturated heterocycles. The number of nitrogens with zero attached hydrogens (tertiary/aromatic N) is 2. The lowest BCUT2D eigenvalue weighted by molar-refractivity contribution is -0.136. The highest BCUT2D eigenvalue weighted by Gasteiger charge is 2.28. The minimum atomic E-state index is -0.962. The van der Waals surface area contributed by atoms with Crippen molar-refractivity contribution < 1.29 is 19.1 Å². The minimum Gasteiger partial charge on any atom is -0.497 e. The molecule has 1 aliphatic carbocycles. The predicted octanol–water partition coefficient (Wildman–Crippen LogP) is 3.44. The molecule has 2 aromatic rings. The molecule has 0 spiro atoms. The molecule has 0 aliphatic heterocycles. The third-order valence-corrected chi connectivity index (χ3v) is 6.23. The van der Waals surface area contributed by atoms with Gasteiger partial charge in [-0.1, -0.05) is 0 Å². The molecule has 1 aliphatic rings. The van der Waals surface area contributed by atoms with Crippen LogP contribution in [-0.2, 0) is 22.4 Å². The molecule has 1 amide bonds. The van der Waals surface area contributed by atoms with Crippen LogP contribution < -0.4 is 4.74 Å². The number of benzene rings is 1. The number of rotatable bonds is 5. The molecule has 28 heavy (non-hydrogen) atoms. The van der Waals surface area contributed by atoms with Gasteiger partial charge in [0, 0.05) is 11.9 Å². The van der Waals surface area contributed by atoms with Gasteiger partial charge < -0.3 is 14.4 Å². The van der Waals surface area contributed by atoms with Gasteiger partial charge in [-0.15, -0.1) is 11.3 Å². The Hall–Kier alpha value is -2.85. The Morgan fingerprint density at radius 2 is 1.96 bits per heavy atom. The second-order valence-corrected chi connectivity index (χ2v) is 8.24. The number of nitriles is 1. The van der Waals surface area contributed by atoms with Crippen LogP contribution in [0.4, 0.5) is 0 Å². The van der Waals surface area contributed by atoms with Gasteiger partial charge >= 0.3 is 5.97 Å². The van der Waals surface area contributed by atoms with Gasteiger partial charge in [0.15, 0.2) is 6.61 Å². The Balaban J connectivity index is 1.73. The summed E-state index contributed by atoms with van der Waals surface area (Å²) < 4.78 is 10.5. The fraction of sp³-hybridized carbons (Fsp3) is 0.381. The highest BCUT2D eigenvalue weighted by molar-refractivity contribution is 7.17. The topological polar surface area (TPSA) is 79.6 Å². The van der Waals surface area contributed by atoms with E-state index in [-0.39, 0.29) is 0 Å². The first-order valence-electron chi connectivity index (χ1n) is 8.92. The van der Waals surface area contributed by atoms with Gasteiger partial charge in [-0.2, -0.15) is 5.26 Å². The summed E-state index contributed by atoms with van der Waals surface area (Å²) in [6.07, 6.45) is 1.73. The van der Waals surface area contributed by atoms with Crippen molar-refractivity contribution in [2.75, 3.05) is 20.8 Å². The van der Waals surface area contributed by atoms with Crippen molar-refractivity contribution in [3.63, 3.8) is 0 Å². The zero-order valence-electron chi connectivity index (χ0n) is 16.4. The largest absolute Gasteiger partial charge is 0.497 e. The fourth-order valence-electron chi connectivity index (χ4n) is 3.02. The van der Waals surface area contributed by atoms with E-state index in [1.165, 1.54) is 28.8 Å². The van der Waals surface area contributed by atoms with Crippen molar-refractivity contribution in [2.24, 2.45) is 0 Å². The number of methoxy groups -OCH3 is 1. The second-order valence-electron chi connectivity index (χ2n) is 7.19. The van der Waals surface area contributed by atoms with Crippen LogP contribution >= 0.6 is 11.3 Å². The number of hydrogen-bond donors (Lipinski definition) is 0. The second kappa shape index (κ2) is 7.64. The molecule has 0 unspecified atom stereocenters. The van der Waals surface area contributed by atoms with Crippen LogP contribution in [0.25, 0.3) is 10.4 Å². The summed E-state index contributed by atoms with van der Waals surface area (Å²) in [7, 11) is 3.17. The minimum absolute atomic E-state index is 0.392. The van der Waals surface area contributed by atoms with Gasteiger partial charge in [-0.05, 0) is 67.6 Å². The molecule has 0 saturated carbocycles. The molecule has 0 bridgehead atoms. The number of aryl methyl sites for hydroxylation is 2. The molecule has 146 valence electrons. The summed E-state index contributed by atoms with van der Waals surface area (Å²) in [5.41, 5.74) is 2.46. The number of fused-ring (bicyclic) bond motifs is 3. The number of thiophene rings is 1. The first-order chi connectivity index (χ1) is 13.3. The third kappa shape index (κ3) is 3.73. The van der Waals surface area contributed by atoms with Crippen molar-refractivity contribution in [2.45, 2.75) is 32.2 Å². The number of carbonyl (C=O) groups is 2. The average Bonchev–Trinajstić information content (AvgIpc) is 3.15. The Kier molecular flexibility index (Phi) is 5.43. The summed E-state index contributed by atoms with van der Waals surface area (Å²) in [4.78, 5) is 27.5. The molecule has 6 nitrogen and oxygen atoms in total.